The van der Waals surface area contributed by atoms with Gasteiger partial charge in [-0.3, -0.25) is 0 Å². The maximum Gasteiger partial charge on any atom is 0.131 e. The molecule has 0 saturated carbocycles. The summed E-state index contributed by atoms with van der Waals surface area (Å²) in [5, 5.41) is 3.73. The number of aromatic nitrogens is 2. The van der Waals surface area contributed by atoms with Crippen molar-refractivity contribution in [1.82, 2.24) is 9.97 Å². The molecule has 2 aromatic rings. The summed E-state index contributed by atoms with van der Waals surface area (Å²) in [4.78, 5) is 8.98. The van der Waals surface area contributed by atoms with Gasteiger partial charge in [-0.1, -0.05) is 25.4 Å². The van der Waals surface area contributed by atoms with E-state index in [-0.39, 0.29) is 5.82 Å². The molecule has 1 heterocycles. The highest BCUT2D eigenvalue weighted by atomic mass is 35.5. The van der Waals surface area contributed by atoms with Crippen LogP contribution in [0.1, 0.15) is 32.5 Å². The largest absolute Gasteiger partial charge is 0.370 e. The second kappa shape index (κ2) is 7.36. The van der Waals surface area contributed by atoms with Gasteiger partial charge >= 0.3 is 0 Å². The van der Waals surface area contributed by atoms with Crippen molar-refractivity contribution in [2.75, 3.05) is 11.9 Å². The fourth-order valence-electron chi connectivity index (χ4n) is 2.01. The Morgan fingerprint density at radius 1 is 1.14 bits per heavy atom. The molecule has 0 fully saturated rings. The van der Waals surface area contributed by atoms with Crippen molar-refractivity contribution < 1.29 is 4.39 Å². The molecule has 2 rings (SSSR count). The molecule has 112 valence electrons. The number of anilines is 1. The first kappa shape index (κ1) is 15.7. The number of aryl methyl sites for hydroxylation is 1. The van der Waals surface area contributed by atoms with Crippen molar-refractivity contribution in [3.05, 3.63) is 40.9 Å². The van der Waals surface area contributed by atoms with Crippen LogP contribution in [0.3, 0.4) is 0 Å². The quantitative estimate of drug-likeness (QED) is 0.839. The van der Waals surface area contributed by atoms with Crippen molar-refractivity contribution in [3.8, 4) is 11.3 Å². The minimum absolute atomic E-state index is 0.326. The number of rotatable bonds is 6. The van der Waals surface area contributed by atoms with Gasteiger partial charge in [0, 0.05) is 24.6 Å². The average molecular weight is 308 g/mol. The Bertz CT molecular complexity index is 616. The maximum absolute atomic E-state index is 13.5. The highest BCUT2D eigenvalue weighted by molar-refractivity contribution is 6.33. The Morgan fingerprint density at radius 2 is 1.95 bits per heavy atom. The van der Waals surface area contributed by atoms with E-state index in [9.17, 15) is 4.39 Å². The smallest absolute Gasteiger partial charge is 0.131 e. The molecule has 1 aromatic heterocycles. The molecule has 5 heteroatoms. The molecule has 21 heavy (non-hydrogen) atoms. The van der Waals surface area contributed by atoms with E-state index in [4.69, 9.17) is 11.6 Å². The third kappa shape index (κ3) is 4.14. The van der Waals surface area contributed by atoms with Gasteiger partial charge in [0.25, 0.3) is 0 Å². The molecule has 0 radical (unpaired) electrons. The lowest BCUT2D eigenvalue weighted by Crippen LogP contribution is -2.06. The van der Waals surface area contributed by atoms with E-state index in [0.29, 0.717) is 16.3 Å². The number of hydrogen-bond acceptors (Lipinski definition) is 3. The minimum atomic E-state index is -0.326. The third-order valence-corrected chi connectivity index (χ3v) is 3.34. The van der Waals surface area contributed by atoms with Crippen LogP contribution in [0, 0.1) is 5.82 Å². The Morgan fingerprint density at radius 3 is 2.67 bits per heavy atom. The van der Waals surface area contributed by atoms with E-state index >= 15 is 0 Å². The van der Waals surface area contributed by atoms with E-state index in [1.807, 2.05) is 6.07 Å². The first-order valence-electron chi connectivity index (χ1n) is 7.21. The lowest BCUT2D eigenvalue weighted by Gasteiger charge is -2.10. The Labute approximate surface area is 129 Å². The van der Waals surface area contributed by atoms with Gasteiger partial charge in [0.1, 0.15) is 17.5 Å². The molecule has 0 aliphatic rings. The van der Waals surface area contributed by atoms with Crippen LogP contribution in [0.5, 0.6) is 0 Å². The summed E-state index contributed by atoms with van der Waals surface area (Å²) in [6, 6.07) is 6.11. The lowest BCUT2D eigenvalue weighted by molar-refractivity contribution is 0.628. The SMILES string of the molecule is CCCNc1cc(-c2cc(F)ccc2Cl)nc(CCC)n1. The predicted molar refractivity (Wildman–Crippen MR) is 85.2 cm³/mol. The van der Waals surface area contributed by atoms with Crippen molar-refractivity contribution in [3.63, 3.8) is 0 Å². The van der Waals surface area contributed by atoms with Gasteiger partial charge in [-0.25, -0.2) is 14.4 Å². The molecule has 0 spiro atoms. The molecular formula is C16H19ClFN3. The Kier molecular flexibility index (Phi) is 5.51. The highest BCUT2D eigenvalue weighted by Crippen LogP contribution is 2.28. The zero-order valence-corrected chi connectivity index (χ0v) is 13.0. The molecule has 0 saturated heterocycles. The van der Waals surface area contributed by atoms with E-state index in [2.05, 4.69) is 29.1 Å². The summed E-state index contributed by atoms with van der Waals surface area (Å²) in [5.74, 6) is 1.17. The van der Waals surface area contributed by atoms with Gasteiger partial charge in [-0.05, 0) is 31.0 Å². The lowest BCUT2D eigenvalue weighted by atomic mass is 10.1. The number of benzene rings is 1. The zero-order chi connectivity index (χ0) is 15.2. The fraction of sp³-hybridized carbons (Fsp3) is 0.375. The second-order valence-electron chi connectivity index (χ2n) is 4.86. The van der Waals surface area contributed by atoms with Crippen LogP contribution in [0.4, 0.5) is 10.2 Å². The summed E-state index contributed by atoms with van der Waals surface area (Å²) in [7, 11) is 0. The maximum atomic E-state index is 13.5. The molecule has 0 aliphatic heterocycles. The molecule has 1 N–H and O–H groups in total. The summed E-state index contributed by atoms with van der Waals surface area (Å²) >= 11 is 6.17. The van der Waals surface area contributed by atoms with E-state index < -0.39 is 0 Å². The van der Waals surface area contributed by atoms with Crippen LogP contribution in [-0.4, -0.2) is 16.5 Å². The molecule has 1 aromatic carbocycles. The van der Waals surface area contributed by atoms with Gasteiger partial charge in [0.15, 0.2) is 0 Å². The van der Waals surface area contributed by atoms with Crippen molar-refractivity contribution >= 4 is 17.4 Å². The Balaban J connectivity index is 2.45. The van der Waals surface area contributed by atoms with Gasteiger partial charge in [-0.15, -0.1) is 0 Å². The van der Waals surface area contributed by atoms with Crippen LogP contribution < -0.4 is 5.32 Å². The number of nitrogens with zero attached hydrogens (tertiary/aromatic N) is 2. The number of halogens is 2. The molecule has 3 nitrogen and oxygen atoms in total. The monoisotopic (exact) mass is 307 g/mol. The van der Waals surface area contributed by atoms with Crippen molar-refractivity contribution in [2.24, 2.45) is 0 Å². The number of nitrogens with one attached hydrogen (secondary N) is 1. The van der Waals surface area contributed by atoms with Gasteiger partial charge in [0.2, 0.25) is 0 Å². The Hall–Kier alpha value is -1.68. The summed E-state index contributed by atoms with van der Waals surface area (Å²) in [5.41, 5.74) is 1.24. The molecular weight excluding hydrogens is 289 g/mol. The highest BCUT2D eigenvalue weighted by Gasteiger charge is 2.10. The van der Waals surface area contributed by atoms with Crippen molar-refractivity contribution in [1.29, 1.82) is 0 Å². The van der Waals surface area contributed by atoms with Gasteiger partial charge in [0.05, 0.1) is 10.7 Å². The number of hydrogen-bond donors (Lipinski definition) is 1. The van der Waals surface area contributed by atoms with Gasteiger partial charge in [-0.2, -0.15) is 0 Å². The normalized spacial score (nSPS) is 10.7. The summed E-state index contributed by atoms with van der Waals surface area (Å²) < 4.78 is 13.5. The second-order valence-corrected chi connectivity index (χ2v) is 5.26. The molecule has 0 atom stereocenters. The molecule has 0 unspecified atom stereocenters. The van der Waals surface area contributed by atoms with E-state index in [0.717, 1.165) is 37.4 Å². The molecule has 0 aliphatic carbocycles. The van der Waals surface area contributed by atoms with Crippen LogP contribution in [-0.2, 0) is 6.42 Å². The summed E-state index contributed by atoms with van der Waals surface area (Å²) in [6.07, 6.45) is 2.73. The minimum Gasteiger partial charge on any atom is -0.370 e. The summed E-state index contributed by atoms with van der Waals surface area (Å²) in [6.45, 7) is 4.99. The van der Waals surface area contributed by atoms with Crippen molar-refractivity contribution in [2.45, 2.75) is 33.1 Å². The van der Waals surface area contributed by atoms with Crippen LogP contribution in [0.15, 0.2) is 24.3 Å². The van der Waals surface area contributed by atoms with E-state index in [1.165, 1.54) is 12.1 Å². The van der Waals surface area contributed by atoms with E-state index in [1.54, 1.807) is 6.07 Å². The average Bonchev–Trinajstić information content (AvgIpc) is 2.48. The fourth-order valence-corrected chi connectivity index (χ4v) is 2.22. The first-order valence-corrected chi connectivity index (χ1v) is 7.59. The third-order valence-electron chi connectivity index (χ3n) is 3.01. The van der Waals surface area contributed by atoms with Gasteiger partial charge < -0.3 is 5.32 Å². The van der Waals surface area contributed by atoms with Crippen LogP contribution in [0.2, 0.25) is 5.02 Å². The molecule has 0 amide bonds. The molecule has 0 bridgehead atoms. The topological polar surface area (TPSA) is 37.8 Å². The first-order chi connectivity index (χ1) is 10.1. The van der Waals surface area contributed by atoms with Crippen LogP contribution in [0.25, 0.3) is 11.3 Å². The zero-order valence-electron chi connectivity index (χ0n) is 12.3. The van der Waals surface area contributed by atoms with Crippen LogP contribution >= 0.6 is 11.6 Å². The standard InChI is InChI=1S/C16H19ClFN3/c1-3-5-15-20-14(10-16(21-15)19-8-4-2)12-9-11(18)6-7-13(12)17/h6-7,9-10H,3-5,8H2,1-2H3,(H,19,20,21). The predicted octanol–water partition coefficient (Wildman–Crippen LogP) is 4.71.